The third kappa shape index (κ3) is 7.88. The van der Waals surface area contributed by atoms with Gasteiger partial charge in [-0.25, -0.2) is 4.89 Å². The first-order valence-corrected chi connectivity index (χ1v) is 3.76. The summed E-state index contributed by atoms with van der Waals surface area (Å²) in [6.07, 6.45) is 3.04. The lowest BCUT2D eigenvalue weighted by molar-refractivity contribution is -0.244. The maximum atomic E-state index is 7.91. The highest BCUT2D eigenvalue weighted by molar-refractivity contribution is 4.34. The van der Waals surface area contributed by atoms with Gasteiger partial charge in [0, 0.05) is 13.2 Å². The van der Waals surface area contributed by atoms with E-state index in [-0.39, 0.29) is 0 Å². The number of ether oxygens (including phenoxy) is 1. The Labute approximate surface area is 61.9 Å². The summed E-state index contributed by atoms with van der Waals surface area (Å²) in [7, 11) is 0. The lowest BCUT2D eigenvalue weighted by Gasteiger charge is -2.00. The summed E-state index contributed by atoms with van der Waals surface area (Å²) in [6.45, 7) is 3.99. The zero-order valence-corrected chi connectivity index (χ0v) is 6.51. The first kappa shape index (κ1) is 9.88. The standard InChI is InChI=1S/C7H16O3/c1-2-3-5-9-6-4-7-10-8/h8H,2-7H2,1H3. The molecule has 0 bridgehead atoms. The molecule has 0 saturated carbocycles. The van der Waals surface area contributed by atoms with Gasteiger partial charge < -0.3 is 4.74 Å². The third-order valence-corrected chi connectivity index (χ3v) is 1.17. The molecule has 0 saturated heterocycles. The van der Waals surface area contributed by atoms with Gasteiger partial charge in [-0.05, 0) is 12.8 Å². The van der Waals surface area contributed by atoms with Crippen molar-refractivity contribution in [3.63, 3.8) is 0 Å². The molecule has 0 unspecified atom stereocenters. The molecule has 0 fully saturated rings. The van der Waals surface area contributed by atoms with Crippen molar-refractivity contribution < 1.29 is 14.9 Å². The zero-order chi connectivity index (χ0) is 7.66. The lowest BCUT2D eigenvalue weighted by atomic mass is 10.4. The van der Waals surface area contributed by atoms with Gasteiger partial charge in [0.15, 0.2) is 0 Å². The first-order chi connectivity index (χ1) is 4.91. The number of hydrogen-bond acceptors (Lipinski definition) is 3. The van der Waals surface area contributed by atoms with Crippen molar-refractivity contribution in [3.8, 4) is 0 Å². The van der Waals surface area contributed by atoms with Crippen LogP contribution >= 0.6 is 0 Å². The van der Waals surface area contributed by atoms with Crippen molar-refractivity contribution in [2.24, 2.45) is 0 Å². The van der Waals surface area contributed by atoms with Crippen LogP contribution in [0.15, 0.2) is 0 Å². The normalized spacial score (nSPS) is 10.2. The van der Waals surface area contributed by atoms with Crippen LogP contribution in [0.25, 0.3) is 0 Å². The van der Waals surface area contributed by atoms with E-state index in [4.69, 9.17) is 9.99 Å². The lowest BCUT2D eigenvalue weighted by Crippen LogP contribution is -2.00. The Morgan fingerprint density at radius 2 is 1.80 bits per heavy atom. The molecule has 0 rings (SSSR count). The fourth-order valence-electron chi connectivity index (χ4n) is 0.574. The fraction of sp³-hybridized carbons (Fsp3) is 1.00. The van der Waals surface area contributed by atoms with Crippen molar-refractivity contribution in [1.29, 1.82) is 0 Å². The van der Waals surface area contributed by atoms with Crippen LogP contribution in [0.4, 0.5) is 0 Å². The predicted octanol–water partition coefficient (Wildman–Crippen LogP) is 1.68. The van der Waals surface area contributed by atoms with E-state index in [2.05, 4.69) is 11.8 Å². The molecule has 10 heavy (non-hydrogen) atoms. The van der Waals surface area contributed by atoms with E-state index in [1.165, 1.54) is 0 Å². The minimum Gasteiger partial charge on any atom is -0.381 e. The van der Waals surface area contributed by atoms with E-state index < -0.39 is 0 Å². The summed E-state index contributed by atoms with van der Waals surface area (Å²) in [5.74, 6) is 0. The van der Waals surface area contributed by atoms with Gasteiger partial charge in [0.2, 0.25) is 0 Å². The van der Waals surface area contributed by atoms with Gasteiger partial charge in [-0.15, -0.1) is 0 Å². The van der Waals surface area contributed by atoms with Crippen molar-refractivity contribution >= 4 is 0 Å². The van der Waals surface area contributed by atoms with Crippen LogP contribution in [0.3, 0.4) is 0 Å². The van der Waals surface area contributed by atoms with E-state index in [0.717, 1.165) is 25.9 Å². The molecule has 3 heteroatoms. The topological polar surface area (TPSA) is 38.7 Å². The van der Waals surface area contributed by atoms with E-state index >= 15 is 0 Å². The number of unbranched alkanes of at least 4 members (excludes halogenated alkanes) is 1. The van der Waals surface area contributed by atoms with Gasteiger partial charge in [-0.2, -0.15) is 0 Å². The van der Waals surface area contributed by atoms with Crippen molar-refractivity contribution in [1.82, 2.24) is 0 Å². The van der Waals surface area contributed by atoms with Crippen LogP contribution in [-0.2, 0) is 9.62 Å². The summed E-state index contributed by atoms with van der Waals surface area (Å²) in [6, 6.07) is 0. The van der Waals surface area contributed by atoms with Crippen LogP contribution in [-0.4, -0.2) is 25.1 Å². The molecule has 0 aromatic heterocycles. The van der Waals surface area contributed by atoms with Crippen molar-refractivity contribution in [2.45, 2.75) is 26.2 Å². The maximum Gasteiger partial charge on any atom is 0.0841 e. The van der Waals surface area contributed by atoms with Gasteiger partial charge in [0.25, 0.3) is 0 Å². The average Bonchev–Trinajstić information content (AvgIpc) is 1.97. The molecular weight excluding hydrogens is 132 g/mol. The van der Waals surface area contributed by atoms with Crippen LogP contribution < -0.4 is 0 Å². The summed E-state index contributed by atoms with van der Waals surface area (Å²) in [4.78, 5) is 3.87. The SMILES string of the molecule is CCCCOCCCOO. The van der Waals surface area contributed by atoms with Gasteiger partial charge >= 0.3 is 0 Å². The van der Waals surface area contributed by atoms with E-state index in [9.17, 15) is 0 Å². The number of hydrogen-bond donors (Lipinski definition) is 1. The highest BCUT2D eigenvalue weighted by Gasteiger charge is 1.87. The van der Waals surface area contributed by atoms with Gasteiger partial charge in [0.1, 0.15) is 0 Å². The van der Waals surface area contributed by atoms with E-state index in [1.807, 2.05) is 0 Å². The zero-order valence-electron chi connectivity index (χ0n) is 6.51. The molecule has 62 valence electrons. The second-order valence-corrected chi connectivity index (χ2v) is 2.15. The fourth-order valence-corrected chi connectivity index (χ4v) is 0.574. The second-order valence-electron chi connectivity index (χ2n) is 2.15. The Morgan fingerprint density at radius 3 is 2.40 bits per heavy atom. The van der Waals surface area contributed by atoms with E-state index in [0.29, 0.717) is 13.2 Å². The smallest absolute Gasteiger partial charge is 0.0841 e. The molecule has 0 amide bonds. The molecule has 0 aromatic carbocycles. The molecule has 0 atom stereocenters. The van der Waals surface area contributed by atoms with Crippen LogP contribution in [0.5, 0.6) is 0 Å². The quantitative estimate of drug-likeness (QED) is 0.339. The molecule has 0 aliphatic heterocycles. The molecule has 1 N–H and O–H groups in total. The first-order valence-electron chi connectivity index (χ1n) is 3.76. The molecular formula is C7H16O3. The Bertz CT molecular complexity index is 48.8. The summed E-state index contributed by atoms with van der Waals surface area (Å²) < 4.78 is 5.18. The minimum atomic E-state index is 0.367. The van der Waals surface area contributed by atoms with E-state index in [1.54, 1.807) is 0 Å². The molecule has 0 aliphatic carbocycles. The predicted molar refractivity (Wildman–Crippen MR) is 38.9 cm³/mol. The van der Waals surface area contributed by atoms with Crippen molar-refractivity contribution in [3.05, 3.63) is 0 Å². The van der Waals surface area contributed by atoms with Crippen LogP contribution in [0.1, 0.15) is 26.2 Å². The second kappa shape index (κ2) is 8.88. The molecule has 0 aromatic rings. The van der Waals surface area contributed by atoms with Crippen molar-refractivity contribution in [2.75, 3.05) is 19.8 Å². The van der Waals surface area contributed by atoms with Gasteiger partial charge in [-0.3, -0.25) is 5.26 Å². The summed E-state index contributed by atoms with van der Waals surface area (Å²) in [5, 5.41) is 7.91. The summed E-state index contributed by atoms with van der Waals surface area (Å²) >= 11 is 0. The maximum absolute atomic E-state index is 7.91. The molecule has 0 radical (unpaired) electrons. The largest absolute Gasteiger partial charge is 0.381 e. The summed E-state index contributed by atoms with van der Waals surface area (Å²) in [5.41, 5.74) is 0. The highest BCUT2D eigenvalue weighted by atomic mass is 17.1. The minimum absolute atomic E-state index is 0.367. The average molecular weight is 148 g/mol. The van der Waals surface area contributed by atoms with Gasteiger partial charge in [-0.1, -0.05) is 13.3 Å². The Balaban J connectivity index is 2.65. The monoisotopic (exact) mass is 148 g/mol. The molecule has 0 aliphatic rings. The highest BCUT2D eigenvalue weighted by Crippen LogP contribution is 1.89. The Morgan fingerprint density at radius 1 is 1.10 bits per heavy atom. The third-order valence-electron chi connectivity index (χ3n) is 1.17. The van der Waals surface area contributed by atoms with Crippen LogP contribution in [0, 0.1) is 0 Å². The number of rotatable bonds is 7. The Kier molecular flexibility index (Phi) is 8.77. The molecule has 0 spiro atoms. The molecule has 3 nitrogen and oxygen atoms in total. The van der Waals surface area contributed by atoms with Crippen LogP contribution in [0.2, 0.25) is 0 Å². The van der Waals surface area contributed by atoms with Gasteiger partial charge in [0.05, 0.1) is 6.61 Å². The molecule has 0 heterocycles. The Hall–Kier alpha value is -0.120.